The molecular weight excluding hydrogens is 306 g/mol. The molecular formula is C17H21N5O2. The Bertz CT molecular complexity index is 799. The smallest absolute Gasteiger partial charge is 0.227 e. The van der Waals surface area contributed by atoms with Gasteiger partial charge in [-0.2, -0.15) is 9.97 Å². The summed E-state index contributed by atoms with van der Waals surface area (Å²) < 4.78 is 10.6. The van der Waals surface area contributed by atoms with E-state index >= 15 is 0 Å². The molecule has 126 valence electrons. The van der Waals surface area contributed by atoms with Crippen molar-refractivity contribution in [1.29, 1.82) is 0 Å². The van der Waals surface area contributed by atoms with E-state index in [1.165, 1.54) is 0 Å². The van der Waals surface area contributed by atoms with Gasteiger partial charge in [0.2, 0.25) is 17.6 Å². The van der Waals surface area contributed by atoms with Gasteiger partial charge in [0.15, 0.2) is 5.82 Å². The van der Waals surface area contributed by atoms with Crippen LogP contribution in [0.5, 0.6) is 0 Å². The van der Waals surface area contributed by atoms with Crippen LogP contribution in [-0.2, 0) is 24.8 Å². The van der Waals surface area contributed by atoms with Crippen molar-refractivity contribution in [3.8, 4) is 11.4 Å². The third kappa shape index (κ3) is 3.68. The van der Waals surface area contributed by atoms with Crippen LogP contribution in [0.2, 0.25) is 0 Å². The molecule has 0 bridgehead atoms. The van der Waals surface area contributed by atoms with E-state index in [-0.39, 0.29) is 5.41 Å². The molecule has 2 N–H and O–H groups in total. The summed E-state index contributed by atoms with van der Waals surface area (Å²) in [6, 6.07) is 7.78. The van der Waals surface area contributed by atoms with E-state index in [0.717, 1.165) is 11.1 Å². The van der Waals surface area contributed by atoms with Gasteiger partial charge < -0.3 is 14.8 Å². The zero-order chi connectivity index (χ0) is 17.2. The molecule has 3 rings (SSSR count). The van der Waals surface area contributed by atoms with Crippen molar-refractivity contribution in [2.45, 2.75) is 45.6 Å². The van der Waals surface area contributed by atoms with E-state index in [2.05, 4.69) is 20.3 Å². The summed E-state index contributed by atoms with van der Waals surface area (Å²) in [4.78, 5) is 8.81. The largest absolute Gasteiger partial charge is 0.339 e. The number of nitrogens with zero attached hydrogens (tertiary/aromatic N) is 4. The summed E-state index contributed by atoms with van der Waals surface area (Å²) in [5.74, 6) is 2.38. The van der Waals surface area contributed by atoms with Gasteiger partial charge >= 0.3 is 0 Å². The van der Waals surface area contributed by atoms with E-state index in [9.17, 15) is 0 Å². The van der Waals surface area contributed by atoms with Crippen LogP contribution in [-0.4, -0.2) is 20.3 Å². The fraction of sp³-hybridized carbons (Fsp3) is 0.412. The van der Waals surface area contributed by atoms with E-state index in [4.69, 9.17) is 14.8 Å². The first-order valence-corrected chi connectivity index (χ1v) is 7.91. The molecule has 7 heteroatoms. The fourth-order valence-corrected chi connectivity index (χ4v) is 2.14. The first kappa shape index (κ1) is 16.3. The van der Waals surface area contributed by atoms with Gasteiger partial charge in [0.25, 0.3) is 0 Å². The highest BCUT2D eigenvalue weighted by Crippen LogP contribution is 2.20. The normalized spacial score (nSPS) is 11.8. The summed E-state index contributed by atoms with van der Waals surface area (Å²) in [6.45, 7) is 6.64. The van der Waals surface area contributed by atoms with Gasteiger partial charge in [-0.3, -0.25) is 0 Å². The monoisotopic (exact) mass is 327 g/mol. The van der Waals surface area contributed by atoms with Crippen molar-refractivity contribution in [3.05, 3.63) is 47.4 Å². The Hall–Kier alpha value is -2.54. The Morgan fingerprint density at radius 3 is 2.12 bits per heavy atom. The molecule has 0 aliphatic carbocycles. The van der Waals surface area contributed by atoms with Crippen LogP contribution in [0.4, 0.5) is 0 Å². The molecule has 0 aliphatic heterocycles. The second-order valence-corrected chi connectivity index (χ2v) is 6.67. The Balaban J connectivity index is 1.64. The Morgan fingerprint density at radius 2 is 1.54 bits per heavy atom. The molecule has 1 aromatic carbocycles. The highest BCUT2D eigenvalue weighted by atomic mass is 16.5. The van der Waals surface area contributed by atoms with Crippen LogP contribution in [0.3, 0.4) is 0 Å². The highest BCUT2D eigenvalue weighted by molar-refractivity contribution is 5.54. The van der Waals surface area contributed by atoms with Crippen LogP contribution in [0.1, 0.15) is 43.9 Å². The third-order valence-electron chi connectivity index (χ3n) is 3.61. The molecule has 3 aromatic rings. The van der Waals surface area contributed by atoms with Crippen LogP contribution < -0.4 is 5.73 Å². The van der Waals surface area contributed by atoms with E-state index in [1.807, 2.05) is 45.0 Å². The van der Waals surface area contributed by atoms with E-state index < -0.39 is 0 Å². The third-order valence-corrected chi connectivity index (χ3v) is 3.61. The van der Waals surface area contributed by atoms with Gasteiger partial charge in [0, 0.05) is 30.4 Å². The number of aryl methyl sites for hydroxylation is 2. The maximum atomic E-state index is 5.60. The van der Waals surface area contributed by atoms with Crippen LogP contribution in [0.15, 0.2) is 33.3 Å². The molecule has 0 aliphatic rings. The lowest BCUT2D eigenvalue weighted by Gasteiger charge is -2.10. The number of nitrogens with two attached hydrogens (primary N) is 1. The minimum atomic E-state index is -0.130. The quantitative estimate of drug-likeness (QED) is 0.768. The molecule has 0 fully saturated rings. The first-order chi connectivity index (χ1) is 11.5. The van der Waals surface area contributed by atoms with E-state index in [1.54, 1.807) is 0 Å². The minimum Gasteiger partial charge on any atom is -0.339 e. The number of hydrogen-bond donors (Lipinski definition) is 1. The summed E-state index contributed by atoms with van der Waals surface area (Å²) in [5.41, 5.74) is 7.43. The van der Waals surface area contributed by atoms with Gasteiger partial charge in [-0.25, -0.2) is 0 Å². The molecule has 0 radical (unpaired) electrons. The van der Waals surface area contributed by atoms with Gasteiger partial charge in [-0.05, 0) is 5.56 Å². The standard InChI is InChI=1S/C17H21N5O2/c1-17(2,3)16-20-14(24-22-16)9-8-13-19-15(21-23-13)12-6-4-11(10-18)5-7-12/h4-7H,8-10,18H2,1-3H3. The minimum absolute atomic E-state index is 0.130. The molecule has 0 saturated carbocycles. The molecule has 0 saturated heterocycles. The number of benzene rings is 1. The predicted molar refractivity (Wildman–Crippen MR) is 88.0 cm³/mol. The first-order valence-electron chi connectivity index (χ1n) is 7.91. The molecule has 0 amide bonds. The lowest BCUT2D eigenvalue weighted by atomic mass is 9.96. The zero-order valence-electron chi connectivity index (χ0n) is 14.1. The second kappa shape index (κ2) is 6.52. The number of rotatable bonds is 5. The molecule has 0 atom stereocenters. The average molecular weight is 327 g/mol. The Morgan fingerprint density at radius 1 is 0.917 bits per heavy atom. The van der Waals surface area contributed by atoms with Crippen molar-refractivity contribution in [2.24, 2.45) is 5.73 Å². The topological polar surface area (TPSA) is 104 Å². The maximum Gasteiger partial charge on any atom is 0.227 e. The van der Waals surface area contributed by atoms with Gasteiger partial charge in [0.1, 0.15) is 0 Å². The van der Waals surface area contributed by atoms with Gasteiger partial charge in [0.05, 0.1) is 0 Å². The van der Waals surface area contributed by atoms with Gasteiger partial charge in [-0.1, -0.05) is 55.4 Å². The molecule has 24 heavy (non-hydrogen) atoms. The molecule has 2 aromatic heterocycles. The van der Waals surface area contributed by atoms with Crippen molar-refractivity contribution >= 4 is 0 Å². The zero-order valence-corrected chi connectivity index (χ0v) is 14.1. The summed E-state index contributed by atoms with van der Waals surface area (Å²) in [5, 5.41) is 8.02. The fourth-order valence-electron chi connectivity index (χ4n) is 2.14. The molecule has 0 spiro atoms. The van der Waals surface area contributed by atoms with Crippen LogP contribution >= 0.6 is 0 Å². The summed E-state index contributed by atoms with van der Waals surface area (Å²) in [7, 11) is 0. The SMILES string of the molecule is CC(C)(C)c1noc(CCc2nc(-c3ccc(CN)cc3)no2)n1. The maximum absolute atomic E-state index is 5.60. The Labute approximate surface area is 140 Å². The van der Waals surface area contributed by atoms with Crippen LogP contribution in [0.25, 0.3) is 11.4 Å². The predicted octanol–water partition coefficient (Wildman–Crippen LogP) is 2.66. The van der Waals surface area contributed by atoms with Crippen molar-refractivity contribution in [3.63, 3.8) is 0 Å². The summed E-state index contributed by atoms with van der Waals surface area (Å²) >= 11 is 0. The lowest BCUT2D eigenvalue weighted by molar-refractivity contribution is 0.347. The summed E-state index contributed by atoms with van der Waals surface area (Å²) in [6.07, 6.45) is 1.12. The van der Waals surface area contributed by atoms with Crippen molar-refractivity contribution < 1.29 is 9.05 Å². The highest BCUT2D eigenvalue weighted by Gasteiger charge is 2.21. The number of aromatic nitrogens is 4. The Kier molecular flexibility index (Phi) is 4.44. The van der Waals surface area contributed by atoms with Crippen LogP contribution in [0, 0.1) is 0 Å². The number of hydrogen-bond acceptors (Lipinski definition) is 7. The van der Waals surface area contributed by atoms with Crippen molar-refractivity contribution in [1.82, 2.24) is 20.3 Å². The molecule has 7 nitrogen and oxygen atoms in total. The lowest BCUT2D eigenvalue weighted by Crippen LogP contribution is -2.13. The molecule has 2 heterocycles. The second-order valence-electron chi connectivity index (χ2n) is 6.67. The van der Waals surface area contributed by atoms with Gasteiger partial charge in [-0.15, -0.1) is 0 Å². The van der Waals surface area contributed by atoms with Crippen molar-refractivity contribution in [2.75, 3.05) is 0 Å². The average Bonchev–Trinajstić information content (AvgIpc) is 3.22. The molecule has 0 unspecified atom stereocenters. The van der Waals surface area contributed by atoms with E-state index in [0.29, 0.717) is 42.8 Å².